The van der Waals surface area contributed by atoms with Crippen molar-refractivity contribution in [2.24, 2.45) is 5.92 Å². The van der Waals surface area contributed by atoms with Crippen molar-refractivity contribution in [1.82, 2.24) is 15.2 Å². The number of fused-ring (bicyclic) bond motifs is 1. The van der Waals surface area contributed by atoms with E-state index in [0.29, 0.717) is 12.2 Å². The zero-order valence-electron chi connectivity index (χ0n) is 23.3. The Morgan fingerprint density at radius 2 is 1.85 bits per heavy atom. The van der Waals surface area contributed by atoms with Gasteiger partial charge in [0.2, 0.25) is 5.91 Å². The third-order valence-corrected chi connectivity index (χ3v) is 8.95. The first-order valence-corrected chi connectivity index (χ1v) is 15.3. The highest BCUT2D eigenvalue weighted by Gasteiger charge is 2.36. The summed E-state index contributed by atoms with van der Waals surface area (Å²) in [5.74, 6) is 0.959. The number of aryl methyl sites for hydroxylation is 1. The number of hydrogen-bond acceptors (Lipinski definition) is 5. The molecule has 4 aromatic rings. The van der Waals surface area contributed by atoms with Gasteiger partial charge in [-0.15, -0.1) is 11.3 Å². The minimum absolute atomic E-state index is 0.125. The van der Waals surface area contributed by atoms with Gasteiger partial charge in [0.05, 0.1) is 6.04 Å². The monoisotopic (exact) mass is 565 g/mol. The lowest BCUT2D eigenvalue weighted by atomic mass is 9.87. The van der Waals surface area contributed by atoms with E-state index >= 15 is 0 Å². The largest absolute Gasteiger partial charge is 0.486 e. The van der Waals surface area contributed by atoms with E-state index in [1.807, 2.05) is 49.4 Å². The molecule has 6 rings (SSSR count). The number of ether oxygens (including phenoxy) is 1. The number of benzene rings is 3. The molecule has 41 heavy (non-hydrogen) atoms. The Hall–Kier alpha value is -3.97. The second-order valence-corrected chi connectivity index (χ2v) is 12.0. The van der Waals surface area contributed by atoms with Gasteiger partial charge >= 0.3 is 0 Å². The van der Waals surface area contributed by atoms with Gasteiger partial charge in [-0.3, -0.25) is 9.59 Å². The normalized spacial score (nSPS) is 16.8. The number of carbonyl (C=O) groups excluding carboxylic acids is 2. The van der Waals surface area contributed by atoms with Crippen LogP contribution in [-0.2, 0) is 24.4 Å². The zero-order chi connectivity index (χ0) is 28.2. The molecule has 2 amide bonds. The summed E-state index contributed by atoms with van der Waals surface area (Å²) >= 11 is 1.42. The summed E-state index contributed by atoms with van der Waals surface area (Å²) in [7, 11) is 0. The Kier molecular flexibility index (Phi) is 8.14. The smallest absolute Gasteiger partial charge is 0.271 e. The Labute approximate surface area is 245 Å². The van der Waals surface area contributed by atoms with E-state index in [-0.39, 0.29) is 30.4 Å². The van der Waals surface area contributed by atoms with Gasteiger partial charge in [-0.05, 0) is 60.6 Å². The van der Waals surface area contributed by atoms with E-state index in [1.165, 1.54) is 16.9 Å². The van der Waals surface area contributed by atoms with E-state index in [9.17, 15) is 9.59 Å². The van der Waals surface area contributed by atoms with Crippen LogP contribution in [0.3, 0.4) is 0 Å². The van der Waals surface area contributed by atoms with Gasteiger partial charge in [-0.1, -0.05) is 79.1 Å². The number of thiazole rings is 1. The minimum Gasteiger partial charge on any atom is -0.486 e. The quantitative estimate of drug-likeness (QED) is 0.261. The Morgan fingerprint density at radius 3 is 2.66 bits per heavy atom. The van der Waals surface area contributed by atoms with Crippen LogP contribution in [0.4, 0.5) is 0 Å². The van der Waals surface area contributed by atoms with E-state index in [1.54, 1.807) is 5.38 Å². The summed E-state index contributed by atoms with van der Waals surface area (Å²) in [4.78, 5) is 32.9. The molecule has 0 bridgehead atoms. The highest BCUT2D eigenvalue weighted by Crippen LogP contribution is 2.39. The first-order valence-electron chi connectivity index (χ1n) is 14.4. The predicted molar refractivity (Wildman–Crippen MR) is 161 cm³/mol. The van der Waals surface area contributed by atoms with Gasteiger partial charge in [-0.2, -0.15) is 0 Å². The molecule has 1 aromatic heterocycles. The second kappa shape index (κ2) is 12.3. The molecule has 0 spiro atoms. The van der Waals surface area contributed by atoms with Crippen LogP contribution in [0.5, 0.6) is 5.75 Å². The molecule has 0 radical (unpaired) electrons. The standard InChI is InChI=1S/C34H35N3O3S/c1-23-8-7-9-24(18-23)20-35-33(38)30-22-41-31(36-30)21-40-28-15-14-25-16-17-37(34(39)27-12-5-6-13-27)32(29(25)19-28)26-10-3-2-4-11-26/h2-4,7-11,14-15,18-19,22,27,32H,5-6,12-13,16-17,20-21H2,1H3,(H,35,38). The number of carbonyl (C=O) groups is 2. The second-order valence-electron chi connectivity index (χ2n) is 11.0. The summed E-state index contributed by atoms with van der Waals surface area (Å²) in [6.07, 6.45) is 5.10. The molecule has 7 heteroatoms. The van der Waals surface area contributed by atoms with Gasteiger partial charge in [0, 0.05) is 24.4 Å². The lowest BCUT2D eigenvalue weighted by molar-refractivity contribution is -0.137. The van der Waals surface area contributed by atoms with E-state index in [0.717, 1.165) is 71.7 Å². The lowest BCUT2D eigenvalue weighted by Crippen LogP contribution is -2.43. The third-order valence-electron chi connectivity index (χ3n) is 8.13. The number of nitrogens with one attached hydrogen (secondary N) is 1. The van der Waals surface area contributed by atoms with E-state index < -0.39 is 0 Å². The highest BCUT2D eigenvalue weighted by molar-refractivity contribution is 7.09. The van der Waals surface area contributed by atoms with Gasteiger partial charge < -0.3 is 15.0 Å². The average molecular weight is 566 g/mol. The molecule has 1 fully saturated rings. The molecular weight excluding hydrogens is 530 g/mol. The molecule has 1 saturated carbocycles. The number of hydrogen-bond donors (Lipinski definition) is 1. The van der Waals surface area contributed by atoms with Crippen LogP contribution in [0.15, 0.2) is 78.2 Å². The number of rotatable bonds is 8. The van der Waals surface area contributed by atoms with Crippen molar-refractivity contribution in [1.29, 1.82) is 0 Å². The Morgan fingerprint density at radius 1 is 1.02 bits per heavy atom. The molecule has 2 heterocycles. The van der Waals surface area contributed by atoms with Crippen LogP contribution in [0.1, 0.15) is 75.0 Å². The molecule has 1 aliphatic carbocycles. The molecule has 1 aliphatic heterocycles. The van der Waals surface area contributed by atoms with Crippen molar-refractivity contribution in [2.45, 2.75) is 58.2 Å². The maximum Gasteiger partial charge on any atom is 0.271 e. The van der Waals surface area contributed by atoms with Crippen LogP contribution >= 0.6 is 11.3 Å². The minimum atomic E-state index is -0.194. The fourth-order valence-electron chi connectivity index (χ4n) is 6.04. The van der Waals surface area contributed by atoms with Crippen LogP contribution in [0, 0.1) is 12.8 Å². The summed E-state index contributed by atoms with van der Waals surface area (Å²) in [5, 5.41) is 5.46. The average Bonchev–Trinajstić information content (AvgIpc) is 3.71. The first kappa shape index (κ1) is 27.2. The summed E-state index contributed by atoms with van der Waals surface area (Å²) in [5.41, 5.74) is 6.12. The maximum atomic E-state index is 13.6. The van der Waals surface area contributed by atoms with Gasteiger partial charge in [-0.25, -0.2) is 4.98 Å². The summed E-state index contributed by atoms with van der Waals surface area (Å²) < 4.78 is 6.19. The molecule has 1 N–H and O–H groups in total. The molecule has 1 atom stereocenters. The highest BCUT2D eigenvalue weighted by atomic mass is 32.1. The fraction of sp³-hybridized carbons (Fsp3) is 0.324. The fourth-order valence-corrected chi connectivity index (χ4v) is 6.73. The van der Waals surface area contributed by atoms with Crippen LogP contribution in [0.25, 0.3) is 0 Å². The Balaban J connectivity index is 1.15. The molecule has 2 aliphatic rings. The third kappa shape index (κ3) is 6.20. The predicted octanol–water partition coefficient (Wildman–Crippen LogP) is 6.62. The first-order chi connectivity index (χ1) is 20.0. The summed E-state index contributed by atoms with van der Waals surface area (Å²) in [6, 6.07) is 24.5. The van der Waals surface area contributed by atoms with Crippen LogP contribution in [-0.4, -0.2) is 28.2 Å². The number of amides is 2. The van der Waals surface area contributed by atoms with Crippen molar-refractivity contribution in [2.75, 3.05) is 6.54 Å². The summed E-state index contributed by atoms with van der Waals surface area (Å²) in [6.45, 7) is 3.50. The van der Waals surface area contributed by atoms with Crippen molar-refractivity contribution >= 4 is 23.2 Å². The van der Waals surface area contributed by atoms with Gasteiger partial charge in [0.15, 0.2) is 0 Å². The maximum absolute atomic E-state index is 13.6. The molecule has 1 unspecified atom stereocenters. The van der Waals surface area contributed by atoms with Gasteiger partial charge in [0.25, 0.3) is 5.91 Å². The van der Waals surface area contributed by atoms with Crippen molar-refractivity contribution in [3.63, 3.8) is 0 Å². The van der Waals surface area contributed by atoms with Crippen LogP contribution < -0.4 is 10.1 Å². The van der Waals surface area contributed by atoms with E-state index in [4.69, 9.17) is 4.74 Å². The lowest BCUT2D eigenvalue weighted by Gasteiger charge is -2.39. The SMILES string of the molecule is Cc1cccc(CNC(=O)c2csc(COc3ccc4c(c3)C(c3ccccc3)N(C(=O)C3CCCC3)CC4)n2)c1. The number of nitrogens with zero attached hydrogens (tertiary/aromatic N) is 2. The molecule has 3 aromatic carbocycles. The van der Waals surface area contributed by atoms with Crippen molar-refractivity contribution < 1.29 is 14.3 Å². The number of aromatic nitrogens is 1. The van der Waals surface area contributed by atoms with Gasteiger partial charge in [0.1, 0.15) is 23.1 Å². The van der Waals surface area contributed by atoms with E-state index in [2.05, 4.69) is 45.5 Å². The topological polar surface area (TPSA) is 71.5 Å². The van der Waals surface area contributed by atoms with Crippen molar-refractivity contribution in [3.05, 3.63) is 117 Å². The van der Waals surface area contributed by atoms with Crippen molar-refractivity contribution in [3.8, 4) is 5.75 Å². The molecule has 0 saturated heterocycles. The Bertz CT molecular complexity index is 1530. The zero-order valence-corrected chi connectivity index (χ0v) is 24.2. The molecular formula is C34H35N3O3S. The molecule has 6 nitrogen and oxygen atoms in total. The molecule has 210 valence electrons. The van der Waals surface area contributed by atoms with Crippen LogP contribution in [0.2, 0.25) is 0 Å².